The van der Waals surface area contributed by atoms with Crippen LogP contribution in [-0.4, -0.2) is 51.7 Å². The highest BCUT2D eigenvalue weighted by molar-refractivity contribution is 6.30. The van der Waals surface area contributed by atoms with E-state index in [9.17, 15) is 4.79 Å². The van der Waals surface area contributed by atoms with Crippen LogP contribution in [0.3, 0.4) is 0 Å². The smallest absolute Gasteiger partial charge is 0.239 e. The average molecular weight is 401 g/mol. The van der Waals surface area contributed by atoms with Crippen LogP contribution in [0.2, 0.25) is 5.15 Å². The number of benzene rings is 1. The van der Waals surface area contributed by atoms with Gasteiger partial charge in [-0.1, -0.05) is 30.7 Å². The van der Waals surface area contributed by atoms with Gasteiger partial charge in [0.1, 0.15) is 11.2 Å². The quantitative estimate of drug-likeness (QED) is 0.799. The Morgan fingerprint density at radius 1 is 1.29 bits per heavy atom. The first kappa shape index (κ1) is 20.3. The Kier molecular flexibility index (Phi) is 6.35. The van der Waals surface area contributed by atoms with Crippen molar-refractivity contribution in [1.29, 1.82) is 5.26 Å². The average Bonchev–Trinajstić information content (AvgIpc) is 2.97. The van der Waals surface area contributed by atoms with Gasteiger partial charge in [-0.15, -0.1) is 0 Å². The monoisotopic (exact) mass is 400 g/mol. The second kappa shape index (κ2) is 8.74. The summed E-state index contributed by atoms with van der Waals surface area (Å²) in [6.45, 7) is 5.92. The molecule has 3 rings (SSSR count). The molecule has 1 aliphatic heterocycles. The van der Waals surface area contributed by atoms with E-state index < -0.39 is 6.04 Å². The van der Waals surface area contributed by atoms with E-state index in [-0.39, 0.29) is 5.91 Å². The Hall–Kier alpha value is -2.40. The third-order valence-electron chi connectivity index (χ3n) is 5.27. The predicted octanol–water partition coefficient (Wildman–Crippen LogP) is 1.85. The van der Waals surface area contributed by atoms with Crippen LogP contribution in [0, 0.1) is 11.3 Å². The van der Waals surface area contributed by atoms with Crippen LogP contribution in [-0.2, 0) is 24.8 Å². The number of carbonyl (C=O) groups is 1. The number of nitriles is 1. The number of hydrogen-bond acceptors (Lipinski definition) is 5. The summed E-state index contributed by atoms with van der Waals surface area (Å²) >= 11 is 6.42. The van der Waals surface area contributed by atoms with Gasteiger partial charge >= 0.3 is 0 Å². The topological polar surface area (TPSA) is 91.2 Å². The molecule has 2 aromatic rings. The molecule has 1 fully saturated rings. The molecule has 1 unspecified atom stereocenters. The van der Waals surface area contributed by atoms with Crippen molar-refractivity contribution in [2.24, 2.45) is 12.8 Å². The van der Waals surface area contributed by atoms with Crippen LogP contribution in [0.25, 0.3) is 0 Å². The molecule has 1 atom stereocenters. The van der Waals surface area contributed by atoms with Crippen molar-refractivity contribution in [3.8, 4) is 6.07 Å². The van der Waals surface area contributed by atoms with Crippen LogP contribution in [0.15, 0.2) is 24.3 Å². The van der Waals surface area contributed by atoms with Gasteiger partial charge in [0, 0.05) is 45.3 Å². The van der Waals surface area contributed by atoms with Gasteiger partial charge in [-0.25, -0.2) is 0 Å². The SMILES string of the molecule is CCc1nn(C)c(Cl)c1CN1CCN(C(C(N)=O)c2ccc(C#N)cc2)CC1. The van der Waals surface area contributed by atoms with Gasteiger partial charge in [-0.05, 0) is 24.1 Å². The number of piperazine rings is 1. The number of aromatic nitrogens is 2. The van der Waals surface area contributed by atoms with Crippen molar-refractivity contribution >= 4 is 17.5 Å². The van der Waals surface area contributed by atoms with E-state index in [1.54, 1.807) is 16.8 Å². The number of rotatable bonds is 6. The number of halogens is 1. The Balaban J connectivity index is 1.68. The molecular weight excluding hydrogens is 376 g/mol. The molecule has 0 spiro atoms. The molecule has 2 N–H and O–H groups in total. The first-order chi connectivity index (χ1) is 13.4. The molecule has 2 heterocycles. The lowest BCUT2D eigenvalue weighted by atomic mass is 10.0. The summed E-state index contributed by atoms with van der Waals surface area (Å²) in [6.07, 6.45) is 0.846. The maximum absolute atomic E-state index is 12.1. The van der Waals surface area contributed by atoms with E-state index in [2.05, 4.69) is 27.9 Å². The van der Waals surface area contributed by atoms with E-state index >= 15 is 0 Å². The van der Waals surface area contributed by atoms with Gasteiger partial charge in [0.25, 0.3) is 0 Å². The predicted molar refractivity (Wildman–Crippen MR) is 108 cm³/mol. The lowest BCUT2D eigenvalue weighted by Gasteiger charge is -2.38. The van der Waals surface area contributed by atoms with Gasteiger partial charge in [0.05, 0.1) is 17.3 Å². The van der Waals surface area contributed by atoms with Crippen LogP contribution >= 0.6 is 11.6 Å². The fourth-order valence-corrected chi connectivity index (χ4v) is 3.95. The van der Waals surface area contributed by atoms with Crippen molar-refractivity contribution in [3.05, 3.63) is 51.8 Å². The highest BCUT2D eigenvalue weighted by atomic mass is 35.5. The second-order valence-electron chi connectivity index (χ2n) is 7.04. The zero-order chi connectivity index (χ0) is 20.3. The lowest BCUT2D eigenvalue weighted by molar-refractivity contribution is -0.124. The number of hydrogen-bond donors (Lipinski definition) is 1. The molecular formula is C20H25ClN6O. The summed E-state index contributed by atoms with van der Waals surface area (Å²) in [6, 6.07) is 8.67. The van der Waals surface area contributed by atoms with Crippen LogP contribution in [0.5, 0.6) is 0 Å². The molecule has 1 saturated heterocycles. The third-order valence-corrected chi connectivity index (χ3v) is 5.74. The molecule has 1 aromatic carbocycles. The fraction of sp³-hybridized carbons (Fsp3) is 0.450. The number of amides is 1. The zero-order valence-electron chi connectivity index (χ0n) is 16.2. The Morgan fingerprint density at radius 3 is 2.46 bits per heavy atom. The number of nitrogens with two attached hydrogens (primary N) is 1. The molecule has 0 saturated carbocycles. The van der Waals surface area contributed by atoms with Crippen LogP contribution < -0.4 is 5.73 Å². The summed E-state index contributed by atoms with van der Waals surface area (Å²) in [5.74, 6) is -0.373. The van der Waals surface area contributed by atoms with Crippen molar-refractivity contribution in [3.63, 3.8) is 0 Å². The van der Waals surface area contributed by atoms with Crippen LogP contribution in [0.4, 0.5) is 0 Å². The molecule has 28 heavy (non-hydrogen) atoms. The standard InChI is InChI=1S/C20H25ClN6O/c1-3-17-16(19(21)25(2)24-17)13-26-8-10-27(11-9-26)18(20(23)28)15-6-4-14(12-22)5-7-15/h4-7,18H,3,8-11,13H2,1-2H3,(H2,23,28). The first-order valence-electron chi connectivity index (χ1n) is 9.40. The van der Waals surface area contributed by atoms with Crippen molar-refractivity contribution < 1.29 is 4.79 Å². The highest BCUT2D eigenvalue weighted by Crippen LogP contribution is 2.25. The van der Waals surface area contributed by atoms with Gasteiger partial charge in [-0.2, -0.15) is 10.4 Å². The molecule has 148 valence electrons. The minimum absolute atomic E-state index is 0.373. The highest BCUT2D eigenvalue weighted by Gasteiger charge is 2.29. The van der Waals surface area contributed by atoms with E-state index in [1.807, 2.05) is 19.2 Å². The van der Waals surface area contributed by atoms with Crippen molar-refractivity contribution in [2.45, 2.75) is 25.9 Å². The Labute approximate surface area is 170 Å². The lowest BCUT2D eigenvalue weighted by Crippen LogP contribution is -2.50. The summed E-state index contributed by atoms with van der Waals surface area (Å²) in [7, 11) is 1.86. The largest absolute Gasteiger partial charge is 0.368 e. The molecule has 0 radical (unpaired) electrons. The van der Waals surface area contributed by atoms with Gasteiger partial charge < -0.3 is 5.73 Å². The summed E-state index contributed by atoms with van der Waals surface area (Å²) in [5, 5.41) is 14.1. The molecule has 1 aromatic heterocycles. The molecule has 1 amide bonds. The fourth-order valence-electron chi connectivity index (χ4n) is 3.74. The number of carbonyl (C=O) groups excluding carboxylic acids is 1. The Morgan fingerprint density at radius 2 is 1.93 bits per heavy atom. The Bertz CT molecular complexity index is 877. The third kappa shape index (κ3) is 4.20. The van der Waals surface area contributed by atoms with E-state index in [4.69, 9.17) is 22.6 Å². The second-order valence-corrected chi connectivity index (χ2v) is 7.40. The zero-order valence-corrected chi connectivity index (χ0v) is 17.0. The van der Waals surface area contributed by atoms with E-state index in [0.29, 0.717) is 10.7 Å². The number of aryl methyl sites for hydroxylation is 2. The van der Waals surface area contributed by atoms with E-state index in [1.165, 1.54) is 0 Å². The number of primary amides is 1. The molecule has 8 heteroatoms. The van der Waals surface area contributed by atoms with Gasteiger partial charge in [0.15, 0.2) is 0 Å². The van der Waals surface area contributed by atoms with Crippen molar-refractivity contribution in [2.75, 3.05) is 26.2 Å². The summed E-state index contributed by atoms with van der Waals surface area (Å²) in [5.41, 5.74) is 9.20. The minimum atomic E-state index is -0.483. The molecule has 1 aliphatic rings. The van der Waals surface area contributed by atoms with Crippen LogP contribution in [0.1, 0.15) is 35.3 Å². The maximum atomic E-state index is 12.1. The van der Waals surface area contributed by atoms with Gasteiger partial charge in [-0.3, -0.25) is 19.3 Å². The normalized spacial score (nSPS) is 16.6. The molecule has 0 bridgehead atoms. The summed E-state index contributed by atoms with van der Waals surface area (Å²) in [4.78, 5) is 16.6. The van der Waals surface area contributed by atoms with E-state index in [0.717, 1.165) is 56.0 Å². The van der Waals surface area contributed by atoms with Crippen molar-refractivity contribution in [1.82, 2.24) is 19.6 Å². The van der Waals surface area contributed by atoms with Gasteiger partial charge in [0.2, 0.25) is 5.91 Å². The first-order valence-corrected chi connectivity index (χ1v) is 9.78. The molecule has 0 aliphatic carbocycles. The number of nitrogens with zero attached hydrogens (tertiary/aromatic N) is 5. The molecule has 7 nitrogen and oxygen atoms in total. The minimum Gasteiger partial charge on any atom is -0.368 e. The maximum Gasteiger partial charge on any atom is 0.239 e. The summed E-state index contributed by atoms with van der Waals surface area (Å²) < 4.78 is 1.72.